The normalized spacial score (nSPS) is 31.0. The molecule has 74 valence electrons. The minimum atomic E-state index is -0.0159. The van der Waals surface area contributed by atoms with Gasteiger partial charge in [0, 0.05) is 12.8 Å². The molecule has 3 heteroatoms. The first kappa shape index (κ1) is 12.4. The first-order valence-corrected chi connectivity index (χ1v) is 4.49. The van der Waals surface area contributed by atoms with Crippen molar-refractivity contribution in [1.82, 2.24) is 0 Å². The third-order valence-electron chi connectivity index (χ3n) is 2.76. The Hall–Kier alpha value is 0.400. The Morgan fingerprint density at radius 1 is 1.00 bits per heavy atom. The summed E-state index contributed by atoms with van der Waals surface area (Å²) in [5.74, 6) is 0. The molecule has 1 aliphatic rings. The molecule has 1 saturated carbocycles. The number of aliphatic hydroxyl groups is 1. The number of quaternary nitrogens is 1. The largest absolute Gasteiger partial charge is 1.00 e. The molecule has 0 spiro atoms. The highest BCUT2D eigenvalue weighted by molar-refractivity contribution is 4.71. The summed E-state index contributed by atoms with van der Waals surface area (Å²) in [6.07, 6.45) is 4.35. The highest BCUT2D eigenvalue weighted by Crippen LogP contribution is 2.24. The van der Waals surface area contributed by atoms with Crippen molar-refractivity contribution in [2.75, 3.05) is 21.1 Å². The van der Waals surface area contributed by atoms with E-state index in [-0.39, 0.29) is 23.1 Å². The Bertz CT molecular complexity index is 125. The zero-order valence-electron chi connectivity index (χ0n) is 8.26. The highest BCUT2D eigenvalue weighted by Gasteiger charge is 2.28. The SMILES string of the molecule is C[N+](C)(C)C1CCC(O)CC1.[Br-]. The van der Waals surface area contributed by atoms with E-state index in [0.717, 1.165) is 23.4 Å². The molecule has 0 atom stereocenters. The number of rotatable bonds is 1. The Morgan fingerprint density at radius 2 is 1.42 bits per heavy atom. The highest BCUT2D eigenvalue weighted by atomic mass is 79.9. The van der Waals surface area contributed by atoms with Gasteiger partial charge < -0.3 is 26.6 Å². The van der Waals surface area contributed by atoms with Crippen LogP contribution in [0.15, 0.2) is 0 Å². The Morgan fingerprint density at radius 3 is 1.75 bits per heavy atom. The minimum absolute atomic E-state index is 0. The lowest BCUT2D eigenvalue weighted by atomic mass is 9.91. The monoisotopic (exact) mass is 237 g/mol. The third kappa shape index (κ3) is 3.42. The van der Waals surface area contributed by atoms with Crippen molar-refractivity contribution in [2.45, 2.75) is 37.8 Å². The quantitative estimate of drug-likeness (QED) is 0.524. The fourth-order valence-electron chi connectivity index (χ4n) is 1.83. The summed E-state index contributed by atoms with van der Waals surface area (Å²) in [5, 5.41) is 9.29. The molecule has 1 fully saturated rings. The average molecular weight is 238 g/mol. The van der Waals surface area contributed by atoms with Crippen LogP contribution in [0.1, 0.15) is 25.7 Å². The topological polar surface area (TPSA) is 20.2 Å². The average Bonchev–Trinajstić information content (AvgIpc) is 1.86. The number of nitrogens with zero attached hydrogens (tertiary/aromatic N) is 1. The van der Waals surface area contributed by atoms with Gasteiger partial charge in [0.15, 0.2) is 0 Å². The fourth-order valence-corrected chi connectivity index (χ4v) is 1.83. The van der Waals surface area contributed by atoms with Crippen LogP contribution in [0.25, 0.3) is 0 Å². The minimum Gasteiger partial charge on any atom is -1.00 e. The molecule has 0 aliphatic heterocycles. The standard InChI is InChI=1S/C9H20NO.BrH/c1-10(2,3)8-4-6-9(11)7-5-8;/h8-9,11H,4-7H2,1-3H3;1H/q+1;/p-1. The van der Waals surface area contributed by atoms with E-state index < -0.39 is 0 Å². The Kier molecular flexibility index (Phi) is 4.74. The summed E-state index contributed by atoms with van der Waals surface area (Å²) in [5.41, 5.74) is 0. The first-order valence-electron chi connectivity index (χ1n) is 4.49. The summed E-state index contributed by atoms with van der Waals surface area (Å²) in [6.45, 7) is 0. The van der Waals surface area contributed by atoms with Crippen LogP contribution in [0.3, 0.4) is 0 Å². The van der Waals surface area contributed by atoms with Crippen molar-refractivity contribution in [3.05, 3.63) is 0 Å². The van der Waals surface area contributed by atoms with Gasteiger partial charge in [0.1, 0.15) is 0 Å². The van der Waals surface area contributed by atoms with Crippen molar-refractivity contribution in [3.8, 4) is 0 Å². The summed E-state index contributed by atoms with van der Waals surface area (Å²) >= 11 is 0. The van der Waals surface area contributed by atoms with Gasteiger partial charge in [0.25, 0.3) is 0 Å². The van der Waals surface area contributed by atoms with Crippen molar-refractivity contribution in [2.24, 2.45) is 0 Å². The maximum absolute atomic E-state index is 9.29. The number of halogens is 1. The molecule has 0 aromatic carbocycles. The lowest BCUT2D eigenvalue weighted by molar-refractivity contribution is -0.897. The van der Waals surface area contributed by atoms with Gasteiger partial charge in [-0.25, -0.2) is 0 Å². The van der Waals surface area contributed by atoms with Gasteiger partial charge in [-0.2, -0.15) is 0 Å². The third-order valence-corrected chi connectivity index (χ3v) is 2.76. The molecular weight excluding hydrogens is 218 g/mol. The second-order valence-corrected chi connectivity index (χ2v) is 4.58. The molecule has 0 unspecified atom stereocenters. The van der Waals surface area contributed by atoms with Gasteiger partial charge in [0.2, 0.25) is 0 Å². The summed E-state index contributed by atoms with van der Waals surface area (Å²) in [4.78, 5) is 0. The maximum atomic E-state index is 9.29. The molecule has 0 aromatic rings. The van der Waals surface area contributed by atoms with Gasteiger partial charge in [-0.3, -0.25) is 0 Å². The van der Waals surface area contributed by atoms with E-state index in [1.807, 2.05) is 0 Å². The predicted octanol–water partition coefficient (Wildman–Crippen LogP) is -2.00. The second-order valence-electron chi connectivity index (χ2n) is 4.58. The van der Waals surface area contributed by atoms with Crippen molar-refractivity contribution >= 4 is 0 Å². The van der Waals surface area contributed by atoms with Crippen LogP contribution < -0.4 is 17.0 Å². The summed E-state index contributed by atoms with van der Waals surface area (Å²) in [6, 6.07) is 0.762. The summed E-state index contributed by atoms with van der Waals surface area (Å²) < 4.78 is 1.05. The zero-order chi connectivity index (χ0) is 8.48. The molecule has 0 radical (unpaired) electrons. The van der Waals surface area contributed by atoms with Gasteiger partial charge >= 0.3 is 0 Å². The molecule has 0 saturated heterocycles. The molecule has 0 amide bonds. The number of aliphatic hydroxyl groups excluding tert-OH is 1. The first-order chi connectivity index (χ1) is 5.00. The summed E-state index contributed by atoms with van der Waals surface area (Å²) in [7, 11) is 6.72. The fraction of sp³-hybridized carbons (Fsp3) is 1.00. The Balaban J connectivity index is 0.00000121. The maximum Gasteiger partial charge on any atom is 0.0886 e. The van der Waals surface area contributed by atoms with Gasteiger partial charge in [-0.15, -0.1) is 0 Å². The van der Waals surface area contributed by atoms with Crippen LogP contribution >= 0.6 is 0 Å². The van der Waals surface area contributed by atoms with E-state index in [1.54, 1.807) is 0 Å². The molecule has 0 heterocycles. The van der Waals surface area contributed by atoms with E-state index in [2.05, 4.69) is 21.1 Å². The van der Waals surface area contributed by atoms with Crippen LogP contribution in [0, 0.1) is 0 Å². The van der Waals surface area contributed by atoms with Crippen molar-refractivity contribution in [3.63, 3.8) is 0 Å². The van der Waals surface area contributed by atoms with Gasteiger partial charge in [-0.05, 0) is 12.8 Å². The molecule has 12 heavy (non-hydrogen) atoms. The lowest BCUT2D eigenvalue weighted by Gasteiger charge is -2.37. The molecule has 1 rings (SSSR count). The van der Waals surface area contributed by atoms with E-state index >= 15 is 0 Å². The van der Waals surface area contributed by atoms with E-state index in [4.69, 9.17) is 0 Å². The molecule has 0 aromatic heterocycles. The number of hydrogen-bond acceptors (Lipinski definition) is 1. The van der Waals surface area contributed by atoms with Gasteiger partial charge in [0.05, 0.1) is 33.3 Å². The Labute approximate surface area is 85.9 Å². The van der Waals surface area contributed by atoms with E-state index in [0.29, 0.717) is 0 Å². The smallest absolute Gasteiger partial charge is 0.0886 e. The zero-order valence-corrected chi connectivity index (χ0v) is 9.84. The van der Waals surface area contributed by atoms with E-state index in [1.165, 1.54) is 12.8 Å². The molecule has 0 bridgehead atoms. The lowest BCUT2D eigenvalue weighted by Crippen LogP contribution is -3.00. The van der Waals surface area contributed by atoms with Crippen LogP contribution in [0.2, 0.25) is 0 Å². The predicted molar refractivity (Wildman–Crippen MR) is 46.3 cm³/mol. The molecule has 1 N–H and O–H groups in total. The van der Waals surface area contributed by atoms with Crippen LogP contribution in [0.5, 0.6) is 0 Å². The molecule has 1 aliphatic carbocycles. The molecule has 2 nitrogen and oxygen atoms in total. The van der Waals surface area contributed by atoms with Crippen LogP contribution in [-0.4, -0.2) is 42.9 Å². The molecular formula is C9H20BrNO. The van der Waals surface area contributed by atoms with Crippen molar-refractivity contribution < 1.29 is 26.6 Å². The van der Waals surface area contributed by atoms with Crippen molar-refractivity contribution in [1.29, 1.82) is 0 Å². The van der Waals surface area contributed by atoms with E-state index in [9.17, 15) is 5.11 Å². The number of hydrogen-bond donors (Lipinski definition) is 1. The van der Waals surface area contributed by atoms with Crippen LogP contribution in [-0.2, 0) is 0 Å². The van der Waals surface area contributed by atoms with Crippen LogP contribution in [0.4, 0.5) is 0 Å². The second kappa shape index (κ2) is 4.58. The van der Waals surface area contributed by atoms with Gasteiger partial charge in [-0.1, -0.05) is 0 Å².